The van der Waals surface area contributed by atoms with E-state index in [9.17, 15) is 0 Å². The van der Waals surface area contributed by atoms with Gasteiger partial charge in [-0.2, -0.15) is 0 Å². The van der Waals surface area contributed by atoms with E-state index < -0.39 is 0 Å². The second-order valence-corrected chi connectivity index (χ2v) is 7.12. The fraction of sp³-hybridized carbons (Fsp3) is 0.375. The Bertz CT molecular complexity index is 679. The molecule has 0 aliphatic rings. The molecule has 3 aromatic rings. The highest BCUT2D eigenvalue weighted by molar-refractivity contribution is 7.27. The number of furan rings is 1. The summed E-state index contributed by atoms with van der Waals surface area (Å²) in [5.41, 5.74) is 1.27. The molecule has 0 fully saturated rings. The Kier molecular flexibility index (Phi) is 3.96. The Morgan fingerprint density at radius 1 is 1.25 bits per heavy atom. The second kappa shape index (κ2) is 5.72. The summed E-state index contributed by atoms with van der Waals surface area (Å²) in [4.78, 5) is 1.38. The van der Waals surface area contributed by atoms with E-state index in [0.717, 1.165) is 24.5 Å². The smallest absolute Gasteiger partial charge is 0.106 e. The lowest BCUT2D eigenvalue weighted by Gasteiger charge is -2.16. The number of thiophene rings is 2. The number of fused-ring (bicyclic) bond motifs is 1. The van der Waals surface area contributed by atoms with Crippen molar-refractivity contribution in [2.75, 3.05) is 6.54 Å². The average molecular weight is 305 g/mol. The number of hydrogen-bond donors (Lipinski definition) is 1. The molecule has 0 aromatic carbocycles. The van der Waals surface area contributed by atoms with Crippen molar-refractivity contribution in [3.63, 3.8) is 0 Å². The first kappa shape index (κ1) is 13.9. The van der Waals surface area contributed by atoms with Crippen LogP contribution in [-0.2, 0) is 0 Å². The maximum absolute atomic E-state index is 5.72. The van der Waals surface area contributed by atoms with Crippen LogP contribution in [0.25, 0.3) is 9.40 Å². The Labute approximate surface area is 127 Å². The summed E-state index contributed by atoms with van der Waals surface area (Å²) >= 11 is 3.69. The van der Waals surface area contributed by atoms with Crippen LogP contribution in [0.5, 0.6) is 0 Å². The van der Waals surface area contributed by atoms with E-state index in [2.05, 4.69) is 42.7 Å². The molecule has 0 aliphatic carbocycles. The molecule has 1 unspecified atom stereocenters. The number of hydrogen-bond acceptors (Lipinski definition) is 4. The first-order valence-electron chi connectivity index (χ1n) is 6.96. The highest BCUT2D eigenvalue weighted by Crippen LogP contribution is 2.37. The average Bonchev–Trinajstić information content (AvgIpc) is 3.05. The maximum atomic E-state index is 5.72. The minimum atomic E-state index is 0.247. The van der Waals surface area contributed by atoms with Crippen LogP contribution in [0.3, 0.4) is 0 Å². The predicted octanol–water partition coefficient (Wildman–Crippen LogP) is 5.26. The van der Waals surface area contributed by atoms with Gasteiger partial charge < -0.3 is 9.73 Å². The zero-order valence-electron chi connectivity index (χ0n) is 12.0. The number of nitrogens with one attached hydrogen (secondary N) is 1. The fourth-order valence-corrected chi connectivity index (χ4v) is 4.73. The standard InChI is InChI=1S/C16H19NOS2/c1-4-6-17-16(12-8-10(2)18-11(12)3)15-9-14-13(20-15)5-7-19-14/h5,7-9,16-17H,4,6H2,1-3H3. The Morgan fingerprint density at radius 3 is 2.75 bits per heavy atom. The summed E-state index contributed by atoms with van der Waals surface area (Å²) in [7, 11) is 0. The van der Waals surface area contributed by atoms with Crippen molar-refractivity contribution >= 4 is 32.1 Å². The molecule has 0 saturated heterocycles. The number of rotatable bonds is 5. The molecule has 0 radical (unpaired) electrons. The predicted molar refractivity (Wildman–Crippen MR) is 88.0 cm³/mol. The second-order valence-electron chi connectivity index (χ2n) is 5.05. The lowest BCUT2D eigenvalue weighted by atomic mass is 10.1. The summed E-state index contributed by atoms with van der Waals surface area (Å²) in [6.07, 6.45) is 1.13. The van der Waals surface area contributed by atoms with E-state index in [-0.39, 0.29) is 6.04 Å². The van der Waals surface area contributed by atoms with Gasteiger partial charge in [0.1, 0.15) is 11.5 Å². The van der Waals surface area contributed by atoms with Gasteiger partial charge in [0.25, 0.3) is 0 Å². The van der Waals surface area contributed by atoms with Crippen LogP contribution in [0.4, 0.5) is 0 Å². The van der Waals surface area contributed by atoms with Crippen LogP contribution in [0, 0.1) is 13.8 Å². The van der Waals surface area contributed by atoms with Crippen LogP contribution in [0.2, 0.25) is 0 Å². The topological polar surface area (TPSA) is 25.2 Å². The molecule has 2 nitrogen and oxygen atoms in total. The summed E-state index contributed by atoms with van der Waals surface area (Å²) in [5, 5.41) is 5.82. The molecule has 0 aliphatic heterocycles. The van der Waals surface area contributed by atoms with Gasteiger partial charge in [0, 0.05) is 19.8 Å². The van der Waals surface area contributed by atoms with Gasteiger partial charge in [0.15, 0.2) is 0 Å². The van der Waals surface area contributed by atoms with Gasteiger partial charge in [-0.3, -0.25) is 0 Å². The van der Waals surface area contributed by atoms with Gasteiger partial charge in [-0.15, -0.1) is 22.7 Å². The molecule has 4 heteroatoms. The zero-order valence-corrected chi connectivity index (χ0v) is 13.7. The molecule has 0 amide bonds. The van der Waals surface area contributed by atoms with E-state index in [1.807, 2.05) is 29.6 Å². The van der Waals surface area contributed by atoms with Crippen molar-refractivity contribution < 1.29 is 4.42 Å². The molecule has 1 N–H and O–H groups in total. The Hall–Kier alpha value is -1.10. The molecule has 0 saturated carbocycles. The molecule has 3 heterocycles. The zero-order chi connectivity index (χ0) is 14.1. The molecule has 0 bridgehead atoms. The summed E-state index contributed by atoms with van der Waals surface area (Å²) in [5.74, 6) is 2.01. The van der Waals surface area contributed by atoms with Crippen molar-refractivity contribution in [1.82, 2.24) is 5.32 Å². The normalized spacial score (nSPS) is 13.2. The van der Waals surface area contributed by atoms with Gasteiger partial charge in [0.2, 0.25) is 0 Å². The van der Waals surface area contributed by atoms with Gasteiger partial charge in [-0.05, 0) is 50.4 Å². The van der Waals surface area contributed by atoms with E-state index in [1.54, 1.807) is 0 Å². The van der Waals surface area contributed by atoms with E-state index >= 15 is 0 Å². The van der Waals surface area contributed by atoms with E-state index in [0.29, 0.717) is 0 Å². The molecular formula is C16H19NOS2. The highest BCUT2D eigenvalue weighted by atomic mass is 32.1. The Balaban J connectivity index is 2.01. The van der Waals surface area contributed by atoms with Crippen LogP contribution < -0.4 is 5.32 Å². The molecule has 3 rings (SSSR count). The van der Waals surface area contributed by atoms with Crippen LogP contribution in [0.15, 0.2) is 28.0 Å². The van der Waals surface area contributed by atoms with Crippen LogP contribution >= 0.6 is 22.7 Å². The largest absolute Gasteiger partial charge is 0.466 e. The molecule has 20 heavy (non-hydrogen) atoms. The lowest BCUT2D eigenvalue weighted by Crippen LogP contribution is -2.22. The van der Waals surface area contributed by atoms with E-state index in [1.165, 1.54) is 19.8 Å². The van der Waals surface area contributed by atoms with Crippen LogP contribution in [-0.4, -0.2) is 6.54 Å². The third-order valence-corrected chi connectivity index (χ3v) is 5.59. The summed E-state index contributed by atoms with van der Waals surface area (Å²) in [6.45, 7) is 7.28. The van der Waals surface area contributed by atoms with Crippen molar-refractivity contribution in [1.29, 1.82) is 0 Å². The maximum Gasteiger partial charge on any atom is 0.106 e. The van der Waals surface area contributed by atoms with Crippen molar-refractivity contribution in [3.8, 4) is 0 Å². The monoisotopic (exact) mass is 305 g/mol. The third kappa shape index (κ3) is 2.55. The van der Waals surface area contributed by atoms with Crippen molar-refractivity contribution in [2.24, 2.45) is 0 Å². The molecular weight excluding hydrogens is 286 g/mol. The van der Waals surface area contributed by atoms with Crippen molar-refractivity contribution in [3.05, 3.63) is 45.5 Å². The van der Waals surface area contributed by atoms with Gasteiger partial charge in [-0.25, -0.2) is 0 Å². The minimum Gasteiger partial charge on any atom is -0.466 e. The first-order valence-corrected chi connectivity index (χ1v) is 8.66. The van der Waals surface area contributed by atoms with Gasteiger partial charge >= 0.3 is 0 Å². The van der Waals surface area contributed by atoms with Crippen molar-refractivity contribution in [2.45, 2.75) is 33.2 Å². The summed E-state index contributed by atoms with van der Waals surface area (Å²) < 4.78 is 8.48. The quantitative estimate of drug-likeness (QED) is 0.695. The molecule has 0 spiro atoms. The first-order chi connectivity index (χ1) is 9.69. The lowest BCUT2D eigenvalue weighted by molar-refractivity contribution is 0.494. The summed E-state index contributed by atoms with van der Waals surface area (Å²) in [6, 6.07) is 6.94. The van der Waals surface area contributed by atoms with E-state index in [4.69, 9.17) is 4.42 Å². The SMILES string of the molecule is CCCNC(c1cc2sccc2s1)c1cc(C)oc1C. The molecule has 106 valence electrons. The third-order valence-electron chi connectivity index (χ3n) is 3.43. The molecule has 1 atom stereocenters. The van der Waals surface area contributed by atoms with Crippen LogP contribution in [0.1, 0.15) is 41.3 Å². The van der Waals surface area contributed by atoms with Gasteiger partial charge in [-0.1, -0.05) is 6.92 Å². The van der Waals surface area contributed by atoms with Gasteiger partial charge in [0.05, 0.1) is 6.04 Å². The molecule has 3 aromatic heterocycles. The minimum absolute atomic E-state index is 0.247. The fourth-order valence-electron chi connectivity index (χ4n) is 2.52. The highest BCUT2D eigenvalue weighted by Gasteiger charge is 2.21. The number of aryl methyl sites for hydroxylation is 2. The Morgan fingerprint density at radius 2 is 2.10 bits per heavy atom.